The number of oxazole rings is 1. The van der Waals surface area contributed by atoms with E-state index in [0.717, 1.165) is 66.8 Å². The minimum absolute atomic E-state index is 0.603. The first kappa shape index (κ1) is 22.5. The van der Waals surface area contributed by atoms with Crippen LogP contribution in [0.3, 0.4) is 0 Å². The van der Waals surface area contributed by atoms with Gasteiger partial charge in [0.05, 0.1) is 16.7 Å². The number of imidazole rings is 1. The molecule has 0 atom stereocenters. The van der Waals surface area contributed by atoms with Gasteiger partial charge in [-0.1, -0.05) is 48.5 Å². The van der Waals surface area contributed by atoms with Crippen molar-refractivity contribution in [3.05, 3.63) is 122 Å². The highest BCUT2D eigenvalue weighted by atomic mass is 16.3. The normalized spacial score (nSPS) is 11.6. The van der Waals surface area contributed by atoms with Crippen LogP contribution in [0.1, 0.15) is 0 Å². The first-order valence-electron chi connectivity index (χ1n) is 13.2. The lowest BCUT2D eigenvalue weighted by atomic mass is 10.0. The van der Waals surface area contributed by atoms with Gasteiger partial charge in [-0.15, -0.1) is 0 Å². The Morgan fingerprint density at radius 2 is 1.60 bits per heavy atom. The summed E-state index contributed by atoms with van der Waals surface area (Å²) in [6.07, 6.45) is 5.65. The van der Waals surface area contributed by atoms with E-state index in [2.05, 4.69) is 79.8 Å². The molecule has 0 N–H and O–H groups in total. The van der Waals surface area contributed by atoms with Crippen LogP contribution in [0, 0.1) is 0 Å². The molecular formula is C34H23N5O. The number of hydrogen-bond acceptors (Lipinski definition) is 4. The highest BCUT2D eigenvalue weighted by molar-refractivity contribution is 6.15. The maximum absolute atomic E-state index is 6.16. The van der Waals surface area contributed by atoms with Gasteiger partial charge >= 0.3 is 0 Å². The van der Waals surface area contributed by atoms with Gasteiger partial charge in [-0.25, -0.2) is 9.97 Å². The number of benzene rings is 4. The molecule has 0 aliphatic carbocycles. The smallest absolute Gasteiger partial charge is 0.227 e. The van der Waals surface area contributed by atoms with E-state index in [4.69, 9.17) is 9.40 Å². The van der Waals surface area contributed by atoms with E-state index in [0.29, 0.717) is 5.89 Å². The zero-order valence-electron chi connectivity index (χ0n) is 21.7. The van der Waals surface area contributed by atoms with Crippen LogP contribution in [-0.4, -0.2) is 24.1 Å². The second-order valence-electron chi connectivity index (χ2n) is 9.88. The molecule has 0 saturated heterocycles. The molecule has 40 heavy (non-hydrogen) atoms. The summed E-state index contributed by atoms with van der Waals surface area (Å²) in [6, 6.07) is 35.2. The van der Waals surface area contributed by atoms with Gasteiger partial charge in [0.1, 0.15) is 11.3 Å². The number of aryl methyl sites for hydroxylation is 1. The van der Waals surface area contributed by atoms with Crippen molar-refractivity contribution in [1.29, 1.82) is 0 Å². The Labute approximate surface area is 229 Å². The van der Waals surface area contributed by atoms with Crippen LogP contribution in [0.5, 0.6) is 0 Å². The van der Waals surface area contributed by atoms with Crippen LogP contribution >= 0.6 is 0 Å². The standard InChI is InChI=1S/C34H23N5O/c1-38-19-18-36-33(38)26-10-7-13-29-32(26)25-16-15-23(34-37-28-12-2-3-14-31(28)40-34)21-30(25)39(29)24-9-6-8-22(20-24)27-11-4-5-17-35-27/h2-21H,1H3. The third kappa shape index (κ3) is 3.47. The Hall–Kier alpha value is -5.49. The molecule has 8 aromatic rings. The van der Waals surface area contributed by atoms with Crippen molar-refractivity contribution in [3.63, 3.8) is 0 Å². The van der Waals surface area contributed by atoms with Gasteiger partial charge in [-0.2, -0.15) is 0 Å². The molecule has 4 aromatic carbocycles. The summed E-state index contributed by atoms with van der Waals surface area (Å²) in [6.45, 7) is 0. The largest absolute Gasteiger partial charge is 0.436 e. The second-order valence-corrected chi connectivity index (χ2v) is 9.88. The van der Waals surface area contributed by atoms with Gasteiger partial charge < -0.3 is 13.6 Å². The number of fused-ring (bicyclic) bond motifs is 4. The highest BCUT2D eigenvalue weighted by Crippen LogP contribution is 2.40. The summed E-state index contributed by atoms with van der Waals surface area (Å²) >= 11 is 0. The third-order valence-electron chi connectivity index (χ3n) is 7.46. The van der Waals surface area contributed by atoms with E-state index >= 15 is 0 Å². The molecule has 0 fully saturated rings. The number of hydrogen-bond donors (Lipinski definition) is 0. The maximum atomic E-state index is 6.16. The van der Waals surface area contributed by atoms with E-state index in [-0.39, 0.29) is 0 Å². The van der Waals surface area contributed by atoms with Crippen LogP contribution in [0.25, 0.3) is 72.7 Å². The zero-order valence-corrected chi connectivity index (χ0v) is 21.7. The molecule has 0 spiro atoms. The first-order valence-corrected chi connectivity index (χ1v) is 13.2. The topological polar surface area (TPSA) is 61.7 Å². The van der Waals surface area contributed by atoms with Crippen LogP contribution in [-0.2, 0) is 7.05 Å². The van der Waals surface area contributed by atoms with Gasteiger partial charge in [-0.3, -0.25) is 4.98 Å². The fraction of sp³-hybridized carbons (Fsp3) is 0.0294. The molecule has 190 valence electrons. The molecule has 0 aliphatic heterocycles. The number of nitrogens with zero attached hydrogens (tertiary/aromatic N) is 5. The molecule has 0 bridgehead atoms. The van der Waals surface area contributed by atoms with E-state index in [9.17, 15) is 0 Å². The molecule has 4 aromatic heterocycles. The molecule has 6 heteroatoms. The van der Waals surface area contributed by atoms with E-state index in [1.54, 1.807) is 0 Å². The molecule has 0 saturated carbocycles. The van der Waals surface area contributed by atoms with Crippen molar-refractivity contribution in [2.75, 3.05) is 0 Å². The van der Waals surface area contributed by atoms with Gasteiger partial charge in [0, 0.05) is 58.8 Å². The van der Waals surface area contributed by atoms with E-state index in [1.165, 1.54) is 0 Å². The Balaban J connectivity index is 1.43. The van der Waals surface area contributed by atoms with Crippen molar-refractivity contribution in [3.8, 4) is 39.8 Å². The maximum Gasteiger partial charge on any atom is 0.227 e. The lowest BCUT2D eigenvalue weighted by Crippen LogP contribution is -1.96. The Kier molecular flexibility index (Phi) is 4.94. The molecule has 6 nitrogen and oxygen atoms in total. The molecule has 8 rings (SSSR count). The van der Waals surface area contributed by atoms with Gasteiger partial charge in [0.25, 0.3) is 0 Å². The summed E-state index contributed by atoms with van der Waals surface area (Å²) in [4.78, 5) is 14.0. The van der Waals surface area contributed by atoms with Crippen molar-refractivity contribution in [2.24, 2.45) is 7.05 Å². The lowest BCUT2D eigenvalue weighted by molar-refractivity contribution is 0.620. The zero-order chi connectivity index (χ0) is 26.6. The number of pyridine rings is 1. The summed E-state index contributed by atoms with van der Waals surface area (Å²) in [5, 5.41) is 2.29. The molecular weight excluding hydrogens is 494 g/mol. The quantitative estimate of drug-likeness (QED) is 0.237. The van der Waals surface area contributed by atoms with Gasteiger partial charge in [0.15, 0.2) is 5.58 Å². The molecule has 0 amide bonds. The average molecular weight is 518 g/mol. The first-order chi connectivity index (χ1) is 19.7. The second kappa shape index (κ2) is 8.78. The fourth-order valence-electron chi connectivity index (χ4n) is 5.62. The molecule has 4 heterocycles. The van der Waals surface area contributed by atoms with E-state index < -0.39 is 0 Å². The van der Waals surface area contributed by atoms with E-state index in [1.807, 2.05) is 68.1 Å². The van der Waals surface area contributed by atoms with Crippen molar-refractivity contribution < 1.29 is 4.42 Å². The number of para-hydroxylation sites is 2. The Morgan fingerprint density at radius 1 is 0.700 bits per heavy atom. The lowest BCUT2D eigenvalue weighted by Gasteiger charge is -2.11. The van der Waals surface area contributed by atoms with Gasteiger partial charge in [0.2, 0.25) is 5.89 Å². The molecule has 0 unspecified atom stereocenters. The minimum Gasteiger partial charge on any atom is -0.436 e. The SMILES string of the molecule is Cn1ccnc1-c1cccc2c1c1ccc(-c3nc4ccccc4o3)cc1n2-c1cccc(-c2ccccn2)c1. The average Bonchev–Trinajstić information content (AvgIpc) is 3.72. The summed E-state index contributed by atoms with van der Waals surface area (Å²) in [5.41, 5.74) is 8.84. The van der Waals surface area contributed by atoms with Crippen molar-refractivity contribution >= 4 is 32.9 Å². The Morgan fingerprint density at radius 3 is 2.45 bits per heavy atom. The predicted octanol–water partition coefficient (Wildman–Crippen LogP) is 8.05. The summed E-state index contributed by atoms with van der Waals surface area (Å²) in [7, 11) is 2.03. The molecule has 0 aliphatic rings. The summed E-state index contributed by atoms with van der Waals surface area (Å²) < 4.78 is 10.5. The monoisotopic (exact) mass is 517 g/mol. The highest BCUT2D eigenvalue weighted by Gasteiger charge is 2.20. The van der Waals surface area contributed by atoms with Crippen molar-refractivity contribution in [1.82, 2.24) is 24.1 Å². The van der Waals surface area contributed by atoms with Crippen LogP contribution in [0.15, 0.2) is 126 Å². The minimum atomic E-state index is 0.603. The van der Waals surface area contributed by atoms with Crippen molar-refractivity contribution in [2.45, 2.75) is 0 Å². The number of aromatic nitrogens is 5. The number of rotatable bonds is 4. The predicted molar refractivity (Wildman–Crippen MR) is 159 cm³/mol. The third-order valence-corrected chi connectivity index (χ3v) is 7.46. The van der Waals surface area contributed by atoms with Crippen LogP contribution in [0.2, 0.25) is 0 Å². The molecule has 0 radical (unpaired) electrons. The van der Waals surface area contributed by atoms with Crippen LogP contribution in [0.4, 0.5) is 0 Å². The van der Waals surface area contributed by atoms with Gasteiger partial charge in [-0.05, 0) is 54.6 Å². The Bertz CT molecular complexity index is 2150. The fourth-order valence-corrected chi connectivity index (χ4v) is 5.62. The van der Waals surface area contributed by atoms with Crippen LogP contribution < -0.4 is 0 Å². The summed E-state index contributed by atoms with van der Waals surface area (Å²) in [5.74, 6) is 1.53.